The third-order valence-corrected chi connectivity index (χ3v) is 8.48. The average Bonchev–Trinajstić information content (AvgIpc) is 3.03. The quantitative estimate of drug-likeness (QED) is 0.704. The molecule has 2 saturated carbocycles. The first-order valence-corrected chi connectivity index (χ1v) is 11.4. The van der Waals surface area contributed by atoms with E-state index < -0.39 is 0 Å². The highest BCUT2D eigenvalue weighted by Gasteiger charge is 2.57. The van der Waals surface area contributed by atoms with Crippen LogP contribution in [0, 0.1) is 17.3 Å². The van der Waals surface area contributed by atoms with Crippen molar-refractivity contribution in [3.8, 4) is 11.5 Å². The molecular weight excluding hydrogens is 374 g/mol. The molecule has 30 heavy (non-hydrogen) atoms. The monoisotopic (exact) mass is 407 g/mol. The first kappa shape index (κ1) is 19.9. The molecular formula is C26H33NO3. The maximum atomic E-state index is 11.3. The first-order valence-electron chi connectivity index (χ1n) is 11.4. The molecule has 0 radical (unpaired) electrons. The lowest BCUT2D eigenvalue weighted by Gasteiger charge is -2.50. The number of hydrogen-bond donors (Lipinski definition) is 3. The molecule has 2 aromatic carbocycles. The van der Waals surface area contributed by atoms with Crippen LogP contribution in [-0.2, 0) is 13.0 Å². The number of fused-ring (bicyclic) bond motifs is 5. The summed E-state index contributed by atoms with van der Waals surface area (Å²) in [5, 5.41) is 25.0. The number of phenolic OH excluding ortho intramolecular Hbond substituents is 1. The summed E-state index contributed by atoms with van der Waals surface area (Å²) in [6.45, 7) is 2.90. The van der Waals surface area contributed by atoms with Gasteiger partial charge in [-0.3, -0.25) is 0 Å². The number of para-hydroxylation sites is 1. The number of aromatic hydroxyl groups is 1. The molecule has 0 heterocycles. The molecule has 3 aliphatic rings. The fourth-order valence-electron chi connectivity index (χ4n) is 6.80. The third kappa shape index (κ3) is 3.12. The van der Waals surface area contributed by atoms with Crippen LogP contribution < -0.4 is 10.1 Å². The maximum absolute atomic E-state index is 11.3. The van der Waals surface area contributed by atoms with Crippen molar-refractivity contribution in [2.75, 3.05) is 7.11 Å². The van der Waals surface area contributed by atoms with Gasteiger partial charge in [0.1, 0.15) is 11.5 Å². The molecule has 5 rings (SSSR count). The molecule has 4 heteroatoms. The van der Waals surface area contributed by atoms with Crippen molar-refractivity contribution < 1.29 is 14.9 Å². The van der Waals surface area contributed by atoms with Crippen molar-refractivity contribution in [3.63, 3.8) is 0 Å². The molecule has 160 valence electrons. The predicted octanol–water partition coefficient (Wildman–Crippen LogP) is 4.39. The van der Waals surface area contributed by atoms with Gasteiger partial charge in [0.15, 0.2) is 0 Å². The topological polar surface area (TPSA) is 61.7 Å². The fraction of sp³-hybridized carbons (Fsp3) is 0.538. The highest BCUT2D eigenvalue weighted by Crippen LogP contribution is 2.61. The molecule has 0 saturated heterocycles. The van der Waals surface area contributed by atoms with Crippen LogP contribution in [0.15, 0.2) is 42.5 Å². The summed E-state index contributed by atoms with van der Waals surface area (Å²) in [5.41, 5.74) is 3.82. The van der Waals surface area contributed by atoms with E-state index >= 15 is 0 Å². The number of phenols is 1. The van der Waals surface area contributed by atoms with Gasteiger partial charge < -0.3 is 20.3 Å². The number of aryl methyl sites for hydroxylation is 1. The molecule has 0 aromatic heterocycles. The third-order valence-electron chi connectivity index (χ3n) is 8.48. The van der Waals surface area contributed by atoms with Gasteiger partial charge in [0.2, 0.25) is 0 Å². The summed E-state index contributed by atoms with van der Waals surface area (Å²) in [6.07, 6.45) is 5.20. The number of aliphatic hydroxyl groups is 1. The second-order valence-corrected chi connectivity index (χ2v) is 9.82. The molecule has 0 bridgehead atoms. The number of benzene rings is 2. The van der Waals surface area contributed by atoms with E-state index in [0.717, 1.165) is 37.0 Å². The lowest BCUT2D eigenvalue weighted by atomic mass is 9.55. The van der Waals surface area contributed by atoms with Gasteiger partial charge in [-0.15, -0.1) is 0 Å². The molecule has 0 spiro atoms. The highest BCUT2D eigenvalue weighted by molar-refractivity contribution is 5.41. The second-order valence-electron chi connectivity index (χ2n) is 9.82. The van der Waals surface area contributed by atoms with Crippen LogP contribution in [0.25, 0.3) is 0 Å². The maximum Gasteiger partial charge on any atom is 0.120 e. The highest BCUT2D eigenvalue weighted by atomic mass is 16.5. The standard InChI is InChI=1S/C26H33NO3/c1-26-12-11-20-19-10-8-18(30-2)13-16(19)7-9-21(20)22(26)14-23(25(26)29)27-15-17-5-3-4-6-24(17)28/h3-6,8,10,13,20-23,25,27-29H,7,9,11-12,14-15H2,1-2H3/t20?,21?,22?,23-,25-,26+/m0/s1. The summed E-state index contributed by atoms with van der Waals surface area (Å²) >= 11 is 0. The van der Waals surface area contributed by atoms with Crippen LogP contribution in [0.5, 0.6) is 11.5 Å². The van der Waals surface area contributed by atoms with Crippen LogP contribution in [0.4, 0.5) is 0 Å². The molecule has 2 fully saturated rings. The van der Waals surface area contributed by atoms with Crippen molar-refractivity contribution in [3.05, 3.63) is 59.2 Å². The Morgan fingerprint density at radius 2 is 2.00 bits per heavy atom. The average molecular weight is 408 g/mol. The molecule has 4 nitrogen and oxygen atoms in total. The minimum Gasteiger partial charge on any atom is -0.508 e. The number of methoxy groups -OCH3 is 1. The number of hydrogen-bond acceptors (Lipinski definition) is 4. The second kappa shape index (κ2) is 7.58. The van der Waals surface area contributed by atoms with E-state index in [9.17, 15) is 10.2 Å². The summed E-state index contributed by atoms with van der Waals surface area (Å²) in [5.74, 6) is 3.04. The van der Waals surface area contributed by atoms with Crippen LogP contribution in [0.1, 0.15) is 55.2 Å². The largest absolute Gasteiger partial charge is 0.508 e. The number of ether oxygens (including phenoxy) is 1. The summed E-state index contributed by atoms with van der Waals surface area (Å²) < 4.78 is 5.44. The van der Waals surface area contributed by atoms with Crippen molar-refractivity contribution in [1.29, 1.82) is 0 Å². The summed E-state index contributed by atoms with van der Waals surface area (Å²) in [7, 11) is 1.74. The normalized spacial score (nSPS) is 34.7. The van der Waals surface area contributed by atoms with Crippen molar-refractivity contribution in [1.82, 2.24) is 5.32 Å². The van der Waals surface area contributed by atoms with Crippen LogP contribution in [0.3, 0.4) is 0 Å². The van der Waals surface area contributed by atoms with E-state index in [1.807, 2.05) is 18.2 Å². The van der Waals surface area contributed by atoms with Crippen LogP contribution >= 0.6 is 0 Å². The Hall–Kier alpha value is -2.04. The Morgan fingerprint density at radius 1 is 1.17 bits per heavy atom. The number of rotatable bonds is 4. The minimum absolute atomic E-state index is 0.0263. The van der Waals surface area contributed by atoms with Gasteiger partial charge in [0.05, 0.1) is 13.2 Å². The lowest BCUT2D eigenvalue weighted by Crippen LogP contribution is -2.46. The van der Waals surface area contributed by atoms with E-state index in [1.54, 1.807) is 13.2 Å². The van der Waals surface area contributed by atoms with E-state index in [1.165, 1.54) is 17.5 Å². The molecule has 3 N–H and O–H groups in total. The van der Waals surface area contributed by atoms with Gasteiger partial charge in [-0.1, -0.05) is 31.2 Å². The fourth-order valence-corrected chi connectivity index (χ4v) is 6.80. The lowest BCUT2D eigenvalue weighted by molar-refractivity contribution is -0.0281. The van der Waals surface area contributed by atoms with Crippen molar-refractivity contribution in [2.45, 2.75) is 63.6 Å². The smallest absolute Gasteiger partial charge is 0.120 e. The Labute approximate surface area is 179 Å². The van der Waals surface area contributed by atoms with Gasteiger partial charge in [0, 0.05) is 18.2 Å². The summed E-state index contributed by atoms with van der Waals surface area (Å²) in [4.78, 5) is 0. The first-order chi connectivity index (χ1) is 14.5. The molecule has 6 atom stereocenters. The predicted molar refractivity (Wildman–Crippen MR) is 118 cm³/mol. The zero-order valence-electron chi connectivity index (χ0n) is 18.0. The molecule has 2 aromatic rings. The Balaban J connectivity index is 1.35. The van der Waals surface area contributed by atoms with E-state index in [0.29, 0.717) is 30.0 Å². The van der Waals surface area contributed by atoms with Gasteiger partial charge in [-0.2, -0.15) is 0 Å². The van der Waals surface area contributed by atoms with E-state index in [4.69, 9.17) is 4.74 Å². The van der Waals surface area contributed by atoms with Crippen molar-refractivity contribution in [2.24, 2.45) is 17.3 Å². The van der Waals surface area contributed by atoms with Gasteiger partial charge in [0.25, 0.3) is 0 Å². The number of nitrogens with one attached hydrogen (secondary N) is 1. The van der Waals surface area contributed by atoms with Gasteiger partial charge in [-0.25, -0.2) is 0 Å². The van der Waals surface area contributed by atoms with Crippen molar-refractivity contribution >= 4 is 0 Å². The number of aliphatic hydroxyl groups excluding tert-OH is 1. The minimum atomic E-state index is -0.341. The van der Waals surface area contributed by atoms with Gasteiger partial charge in [-0.05, 0) is 84.6 Å². The SMILES string of the molecule is COc1ccc2c(c1)CCC1C2CC[C@]2(C)C1C[C@H](NCc1ccccc1O)[C@@H]2O. The van der Waals surface area contributed by atoms with E-state index in [-0.39, 0.29) is 17.6 Å². The Bertz CT molecular complexity index is 928. The summed E-state index contributed by atoms with van der Waals surface area (Å²) in [6, 6.07) is 14.2. The molecule has 0 aliphatic heterocycles. The Morgan fingerprint density at radius 3 is 2.80 bits per heavy atom. The zero-order chi connectivity index (χ0) is 20.9. The van der Waals surface area contributed by atoms with Crippen LogP contribution in [-0.4, -0.2) is 29.5 Å². The molecule has 3 aliphatic carbocycles. The Kier molecular flexibility index (Phi) is 5.03. The van der Waals surface area contributed by atoms with E-state index in [2.05, 4.69) is 30.4 Å². The zero-order valence-corrected chi connectivity index (χ0v) is 18.0. The molecule has 0 amide bonds. The molecule has 3 unspecified atom stereocenters. The van der Waals surface area contributed by atoms with Crippen LogP contribution in [0.2, 0.25) is 0 Å². The van der Waals surface area contributed by atoms with Gasteiger partial charge >= 0.3 is 0 Å².